The van der Waals surface area contributed by atoms with Gasteiger partial charge in [-0.3, -0.25) is 4.79 Å². The van der Waals surface area contributed by atoms with Gasteiger partial charge >= 0.3 is 0 Å². The summed E-state index contributed by atoms with van der Waals surface area (Å²) in [6.45, 7) is 0.966. The number of amides is 1. The van der Waals surface area contributed by atoms with Crippen molar-refractivity contribution in [2.75, 3.05) is 0 Å². The maximum Gasteiger partial charge on any atom is 0.271 e. The number of hydrogen-bond acceptors (Lipinski definition) is 4. The van der Waals surface area contributed by atoms with Crippen molar-refractivity contribution in [3.05, 3.63) is 131 Å². The lowest BCUT2D eigenvalue weighted by Crippen LogP contribution is -2.17. The standard InChI is InChI=1S/C28H24N2O3/c31-28(25-14-16-26(17-15-25)32-20-22-8-3-1-4-9-22)30-29-19-24-12-7-13-27(18-24)33-21-23-10-5-2-6-11-23/h1-19H,20-21H2,(H,30,31). The van der Waals surface area contributed by atoms with E-state index in [4.69, 9.17) is 9.47 Å². The van der Waals surface area contributed by atoms with Crippen LogP contribution >= 0.6 is 0 Å². The molecule has 0 aliphatic rings. The summed E-state index contributed by atoms with van der Waals surface area (Å²) in [5, 5.41) is 4.06. The minimum Gasteiger partial charge on any atom is -0.489 e. The van der Waals surface area contributed by atoms with E-state index in [1.165, 1.54) is 0 Å². The Morgan fingerprint density at radius 1 is 0.697 bits per heavy atom. The molecule has 0 bridgehead atoms. The number of hydrazone groups is 1. The van der Waals surface area contributed by atoms with Gasteiger partial charge in [0, 0.05) is 5.56 Å². The summed E-state index contributed by atoms with van der Waals surface area (Å²) in [6, 6.07) is 34.4. The van der Waals surface area contributed by atoms with Gasteiger partial charge in [0.25, 0.3) is 5.91 Å². The number of carbonyl (C=O) groups excluding carboxylic acids is 1. The first-order valence-electron chi connectivity index (χ1n) is 10.6. The molecule has 0 fully saturated rings. The predicted octanol–water partition coefficient (Wildman–Crippen LogP) is 5.61. The zero-order valence-corrected chi connectivity index (χ0v) is 18.1. The van der Waals surface area contributed by atoms with Crippen molar-refractivity contribution >= 4 is 12.1 Å². The van der Waals surface area contributed by atoms with E-state index in [0.717, 1.165) is 22.4 Å². The normalized spacial score (nSPS) is 10.7. The molecule has 1 N–H and O–H groups in total. The van der Waals surface area contributed by atoms with E-state index in [2.05, 4.69) is 10.5 Å². The van der Waals surface area contributed by atoms with Gasteiger partial charge in [-0.05, 0) is 53.1 Å². The molecule has 0 unspecified atom stereocenters. The first-order valence-corrected chi connectivity index (χ1v) is 10.6. The maximum absolute atomic E-state index is 12.4. The van der Waals surface area contributed by atoms with Crippen molar-refractivity contribution in [1.82, 2.24) is 5.43 Å². The molecule has 0 aliphatic carbocycles. The van der Waals surface area contributed by atoms with Crippen LogP contribution in [0.1, 0.15) is 27.0 Å². The third kappa shape index (κ3) is 6.80. The number of carbonyl (C=O) groups is 1. The Morgan fingerprint density at radius 3 is 1.94 bits per heavy atom. The number of nitrogens with zero attached hydrogens (tertiary/aromatic N) is 1. The van der Waals surface area contributed by atoms with Gasteiger partial charge in [-0.15, -0.1) is 0 Å². The molecule has 0 spiro atoms. The highest BCUT2D eigenvalue weighted by molar-refractivity contribution is 5.95. The number of hydrogen-bond donors (Lipinski definition) is 1. The average molecular weight is 437 g/mol. The zero-order chi connectivity index (χ0) is 22.7. The Bertz CT molecular complexity index is 1190. The Kier molecular flexibility index (Phi) is 7.48. The minimum absolute atomic E-state index is 0.294. The Balaban J connectivity index is 1.27. The number of nitrogens with one attached hydrogen (secondary N) is 1. The second kappa shape index (κ2) is 11.3. The molecule has 0 heterocycles. The van der Waals surface area contributed by atoms with E-state index in [9.17, 15) is 4.79 Å². The third-order valence-electron chi connectivity index (χ3n) is 4.85. The van der Waals surface area contributed by atoms with Gasteiger partial charge in [-0.2, -0.15) is 5.10 Å². The first-order chi connectivity index (χ1) is 16.3. The molecule has 0 saturated carbocycles. The molecule has 0 radical (unpaired) electrons. The van der Waals surface area contributed by atoms with Gasteiger partial charge in [-0.25, -0.2) is 5.43 Å². The molecule has 33 heavy (non-hydrogen) atoms. The van der Waals surface area contributed by atoms with E-state index in [1.54, 1.807) is 30.5 Å². The summed E-state index contributed by atoms with van der Waals surface area (Å²) in [5.41, 5.74) is 6.06. The van der Waals surface area contributed by atoms with E-state index >= 15 is 0 Å². The molecule has 5 nitrogen and oxygen atoms in total. The second-order valence-corrected chi connectivity index (χ2v) is 7.34. The minimum atomic E-state index is -0.294. The molecule has 4 aromatic rings. The van der Waals surface area contributed by atoms with Crippen LogP contribution in [0.2, 0.25) is 0 Å². The third-order valence-corrected chi connectivity index (χ3v) is 4.85. The van der Waals surface area contributed by atoms with E-state index in [-0.39, 0.29) is 5.91 Å². The largest absolute Gasteiger partial charge is 0.489 e. The quantitative estimate of drug-likeness (QED) is 0.274. The summed E-state index contributed by atoms with van der Waals surface area (Å²) in [6.07, 6.45) is 1.59. The fourth-order valence-corrected chi connectivity index (χ4v) is 3.10. The summed E-state index contributed by atoms with van der Waals surface area (Å²) in [7, 11) is 0. The van der Waals surface area contributed by atoms with Gasteiger partial charge in [0.15, 0.2) is 0 Å². The maximum atomic E-state index is 12.4. The zero-order valence-electron chi connectivity index (χ0n) is 18.1. The number of ether oxygens (including phenoxy) is 2. The van der Waals surface area contributed by atoms with Crippen molar-refractivity contribution in [2.24, 2.45) is 5.10 Å². The van der Waals surface area contributed by atoms with E-state index in [0.29, 0.717) is 24.5 Å². The lowest BCUT2D eigenvalue weighted by Gasteiger charge is -2.07. The van der Waals surface area contributed by atoms with Crippen molar-refractivity contribution in [3.8, 4) is 11.5 Å². The van der Waals surface area contributed by atoms with Crippen LogP contribution in [-0.2, 0) is 13.2 Å². The lowest BCUT2D eigenvalue weighted by atomic mass is 10.2. The van der Waals surface area contributed by atoms with Crippen LogP contribution in [0.5, 0.6) is 11.5 Å². The van der Waals surface area contributed by atoms with Gasteiger partial charge in [0.1, 0.15) is 24.7 Å². The summed E-state index contributed by atoms with van der Waals surface area (Å²) in [5.74, 6) is 1.14. The van der Waals surface area contributed by atoms with Crippen LogP contribution < -0.4 is 14.9 Å². The molecule has 4 aromatic carbocycles. The average Bonchev–Trinajstić information content (AvgIpc) is 2.88. The molecule has 0 aromatic heterocycles. The van der Waals surface area contributed by atoms with Gasteiger partial charge in [-0.1, -0.05) is 72.8 Å². The molecule has 0 saturated heterocycles. The highest BCUT2D eigenvalue weighted by Gasteiger charge is 2.05. The van der Waals surface area contributed by atoms with Gasteiger partial charge < -0.3 is 9.47 Å². The van der Waals surface area contributed by atoms with Crippen LogP contribution in [0.3, 0.4) is 0 Å². The van der Waals surface area contributed by atoms with Crippen molar-refractivity contribution < 1.29 is 14.3 Å². The monoisotopic (exact) mass is 436 g/mol. The fraction of sp³-hybridized carbons (Fsp3) is 0.0714. The van der Waals surface area contributed by atoms with Crippen LogP contribution in [0.4, 0.5) is 0 Å². The molecule has 1 amide bonds. The molecular formula is C28H24N2O3. The van der Waals surface area contributed by atoms with Gasteiger partial charge in [0.2, 0.25) is 0 Å². The predicted molar refractivity (Wildman–Crippen MR) is 129 cm³/mol. The van der Waals surface area contributed by atoms with Crippen LogP contribution in [-0.4, -0.2) is 12.1 Å². The molecule has 5 heteroatoms. The molecule has 0 aliphatic heterocycles. The number of rotatable bonds is 9. The lowest BCUT2D eigenvalue weighted by molar-refractivity contribution is 0.0955. The molecular weight excluding hydrogens is 412 g/mol. The van der Waals surface area contributed by atoms with Gasteiger partial charge in [0.05, 0.1) is 6.21 Å². The van der Waals surface area contributed by atoms with Crippen molar-refractivity contribution in [3.63, 3.8) is 0 Å². The summed E-state index contributed by atoms with van der Waals surface area (Å²) in [4.78, 5) is 12.4. The fourth-order valence-electron chi connectivity index (χ4n) is 3.10. The SMILES string of the molecule is O=C(NN=Cc1cccc(OCc2ccccc2)c1)c1ccc(OCc2ccccc2)cc1. The Hall–Kier alpha value is -4.38. The smallest absolute Gasteiger partial charge is 0.271 e. The first kappa shape index (κ1) is 21.8. The molecule has 0 atom stereocenters. The second-order valence-electron chi connectivity index (χ2n) is 7.34. The van der Waals surface area contributed by atoms with Crippen LogP contribution in [0.15, 0.2) is 114 Å². The molecule has 4 rings (SSSR count). The van der Waals surface area contributed by atoms with Crippen molar-refractivity contribution in [2.45, 2.75) is 13.2 Å². The van der Waals surface area contributed by atoms with E-state index < -0.39 is 0 Å². The van der Waals surface area contributed by atoms with Crippen LogP contribution in [0.25, 0.3) is 0 Å². The van der Waals surface area contributed by atoms with Crippen molar-refractivity contribution in [1.29, 1.82) is 0 Å². The highest BCUT2D eigenvalue weighted by atomic mass is 16.5. The highest BCUT2D eigenvalue weighted by Crippen LogP contribution is 2.15. The van der Waals surface area contributed by atoms with E-state index in [1.807, 2.05) is 84.9 Å². The Morgan fingerprint density at radius 2 is 1.30 bits per heavy atom. The summed E-state index contributed by atoms with van der Waals surface area (Å²) < 4.78 is 11.6. The Labute approximate surface area is 193 Å². The topological polar surface area (TPSA) is 59.9 Å². The van der Waals surface area contributed by atoms with Crippen LogP contribution in [0, 0.1) is 0 Å². The summed E-state index contributed by atoms with van der Waals surface area (Å²) >= 11 is 0. The molecule has 164 valence electrons. The number of benzene rings is 4.